The largest absolute Gasteiger partial charge is 0.467 e. The maximum Gasteiger partial charge on any atom is 0.336 e. The van der Waals surface area contributed by atoms with E-state index in [9.17, 15) is 13.2 Å². The van der Waals surface area contributed by atoms with Crippen molar-refractivity contribution in [1.82, 2.24) is 4.31 Å². The molecule has 0 spiro atoms. The molecule has 10 heteroatoms. The number of esters is 1. The highest BCUT2D eigenvalue weighted by molar-refractivity contribution is 9.12. The van der Waals surface area contributed by atoms with Gasteiger partial charge in [-0.1, -0.05) is 0 Å². The van der Waals surface area contributed by atoms with Gasteiger partial charge in [-0.15, -0.1) is 11.3 Å². The number of morpholine rings is 1. The molecule has 112 valence electrons. The first-order valence-corrected chi connectivity index (χ1v) is 9.35. The summed E-state index contributed by atoms with van der Waals surface area (Å²) < 4.78 is 37.4. The van der Waals surface area contributed by atoms with Crippen molar-refractivity contribution in [1.29, 1.82) is 0 Å². The van der Waals surface area contributed by atoms with E-state index < -0.39 is 22.1 Å². The van der Waals surface area contributed by atoms with Gasteiger partial charge in [0, 0.05) is 6.54 Å². The van der Waals surface area contributed by atoms with Crippen molar-refractivity contribution in [3.05, 3.63) is 13.6 Å². The molecule has 0 N–H and O–H groups in total. The van der Waals surface area contributed by atoms with Crippen LogP contribution in [0.5, 0.6) is 0 Å². The molecule has 1 aromatic rings. The van der Waals surface area contributed by atoms with Gasteiger partial charge in [-0.3, -0.25) is 0 Å². The lowest BCUT2D eigenvalue weighted by Gasteiger charge is -2.30. The Labute approximate surface area is 137 Å². The van der Waals surface area contributed by atoms with E-state index in [-0.39, 0.29) is 24.6 Å². The Morgan fingerprint density at radius 3 is 2.80 bits per heavy atom. The van der Waals surface area contributed by atoms with E-state index >= 15 is 0 Å². The highest BCUT2D eigenvalue weighted by Gasteiger charge is 2.36. The van der Waals surface area contributed by atoms with Crippen LogP contribution in [0.3, 0.4) is 0 Å². The van der Waals surface area contributed by atoms with Gasteiger partial charge in [0.25, 0.3) is 0 Å². The van der Waals surface area contributed by atoms with Gasteiger partial charge in [-0.2, -0.15) is 4.31 Å². The van der Waals surface area contributed by atoms with Gasteiger partial charge >= 0.3 is 5.97 Å². The van der Waals surface area contributed by atoms with Gasteiger partial charge in [0.1, 0.15) is 4.90 Å². The molecule has 0 bridgehead atoms. The van der Waals surface area contributed by atoms with Crippen molar-refractivity contribution in [2.75, 3.05) is 26.8 Å². The lowest BCUT2D eigenvalue weighted by molar-refractivity contribution is -0.157. The first-order chi connectivity index (χ1) is 9.36. The Kier molecular flexibility index (Phi) is 5.24. The Morgan fingerprint density at radius 2 is 2.25 bits per heavy atom. The third kappa shape index (κ3) is 3.25. The number of carbonyl (C=O) groups is 1. The zero-order valence-electron chi connectivity index (χ0n) is 10.3. The Bertz CT molecular complexity index is 615. The van der Waals surface area contributed by atoms with Crippen LogP contribution in [-0.2, 0) is 24.3 Å². The second-order valence-corrected chi connectivity index (χ2v) is 9.59. The molecule has 1 aliphatic heterocycles. The van der Waals surface area contributed by atoms with Crippen molar-refractivity contribution < 1.29 is 22.7 Å². The number of hydrogen-bond acceptors (Lipinski definition) is 6. The minimum atomic E-state index is -3.67. The Hall–Kier alpha value is -0.000000000000000298. The van der Waals surface area contributed by atoms with E-state index in [1.54, 1.807) is 0 Å². The molecule has 0 radical (unpaired) electrons. The summed E-state index contributed by atoms with van der Waals surface area (Å²) in [5.41, 5.74) is 0. The monoisotopic (exact) mass is 447 g/mol. The second kappa shape index (κ2) is 6.41. The minimum Gasteiger partial charge on any atom is -0.467 e. The maximum atomic E-state index is 12.6. The van der Waals surface area contributed by atoms with Crippen LogP contribution < -0.4 is 0 Å². The SMILES string of the molecule is COC(=O)C1CN(S(=O)(=O)c2cc(Br)sc2Br)CCO1. The molecule has 2 rings (SSSR count). The molecular formula is C10H11Br2NO5S2. The maximum absolute atomic E-state index is 12.6. The molecule has 0 saturated carbocycles. The van der Waals surface area contributed by atoms with Crippen molar-refractivity contribution in [3.8, 4) is 0 Å². The van der Waals surface area contributed by atoms with Crippen molar-refractivity contribution in [2.24, 2.45) is 0 Å². The van der Waals surface area contributed by atoms with Gasteiger partial charge < -0.3 is 9.47 Å². The molecular weight excluding hydrogens is 438 g/mol. The van der Waals surface area contributed by atoms with Gasteiger partial charge in [0.2, 0.25) is 10.0 Å². The number of ether oxygens (including phenoxy) is 2. The van der Waals surface area contributed by atoms with Gasteiger partial charge in [0.15, 0.2) is 6.10 Å². The van der Waals surface area contributed by atoms with E-state index in [2.05, 4.69) is 36.6 Å². The number of halogens is 2. The van der Waals surface area contributed by atoms with Crippen LogP contribution in [0.2, 0.25) is 0 Å². The number of methoxy groups -OCH3 is 1. The molecule has 1 aromatic heterocycles. The van der Waals surface area contributed by atoms with Crippen LogP contribution in [0.4, 0.5) is 0 Å². The number of sulfonamides is 1. The van der Waals surface area contributed by atoms with Crippen LogP contribution in [0.1, 0.15) is 0 Å². The molecule has 1 unspecified atom stereocenters. The zero-order chi connectivity index (χ0) is 14.9. The fraction of sp³-hybridized carbons (Fsp3) is 0.500. The van der Waals surface area contributed by atoms with Gasteiger partial charge in [0.05, 0.1) is 27.8 Å². The van der Waals surface area contributed by atoms with Crippen LogP contribution >= 0.6 is 43.2 Å². The van der Waals surface area contributed by atoms with E-state index in [4.69, 9.17) is 4.74 Å². The molecule has 1 aliphatic rings. The fourth-order valence-electron chi connectivity index (χ4n) is 1.76. The van der Waals surface area contributed by atoms with Crippen LogP contribution in [0.25, 0.3) is 0 Å². The van der Waals surface area contributed by atoms with E-state index in [0.717, 1.165) is 0 Å². The molecule has 1 atom stereocenters. The third-order valence-electron chi connectivity index (χ3n) is 2.74. The Balaban J connectivity index is 2.26. The summed E-state index contributed by atoms with van der Waals surface area (Å²) in [6, 6.07) is 1.53. The first-order valence-electron chi connectivity index (χ1n) is 5.50. The predicted molar refractivity (Wildman–Crippen MR) is 80.2 cm³/mol. The van der Waals surface area contributed by atoms with Crippen LogP contribution in [-0.4, -0.2) is 51.6 Å². The number of rotatable bonds is 3. The van der Waals surface area contributed by atoms with Gasteiger partial charge in [-0.05, 0) is 37.9 Å². The number of thiophene rings is 1. The molecule has 0 amide bonds. The quantitative estimate of drug-likeness (QED) is 0.659. The zero-order valence-corrected chi connectivity index (χ0v) is 15.1. The van der Waals surface area contributed by atoms with Gasteiger partial charge in [-0.25, -0.2) is 13.2 Å². The fourth-order valence-corrected chi connectivity index (χ4v) is 6.94. The highest BCUT2D eigenvalue weighted by atomic mass is 79.9. The summed E-state index contributed by atoms with van der Waals surface area (Å²) in [5, 5.41) is 0. The summed E-state index contributed by atoms with van der Waals surface area (Å²) in [6.45, 7) is 0.312. The molecule has 6 nitrogen and oxygen atoms in total. The van der Waals surface area contributed by atoms with Crippen molar-refractivity contribution in [2.45, 2.75) is 11.0 Å². The Morgan fingerprint density at radius 1 is 1.55 bits per heavy atom. The average Bonchev–Trinajstić information content (AvgIpc) is 2.77. The molecule has 1 fully saturated rings. The van der Waals surface area contributed by atoms with E-state index in [1.165, 1.54) is 28.8 Å². The summed E-state index contributed by atoms with van der Waals surface area (Å²) in [4.78, 5) is 11.6. The van der Waals surface area contributed by atoms with E-state index in [0.29, 0.717) is 7.57 Å². The second-order valence-electron chi connectivity index (χ2n) is 3.93. The normalized spacial score (nSPS) is 20.9. The van der Waals surface area contributed by atoms with Crippen molar-refractivity contribution >= 4 is 59.2 Å². The molecule has 20 heavy (non-hydrogen) atoms. The van der Waals surface area contributed by atoms with E-state index in [1.807, 2.05) is 0 Å². The molecule has 2 heterocycles. The number of nitrogens with zero attached hydrogens (tertiary/aromatic N) is 1. The predicted octanol–water partition coefficient (Wildman–Crippen LogP) is 1.84. The lowest BCUT2D eigenvalue weighted by Crippen LogP contribution is -2.48. The van der Waals surface area contributed by atoms with Crippen LogP contribution in [0.15, 0.2) is 18.5 Å². The summed E-state index contributed by atoms with van der Waals surface area (Å²) in [5.74, 6) is -0.574. The topological polar surface area (TPSA) is 72.9 Å². The summed E-state index contributed by atoms with van der Waals surface area (Å²) >= 11 is 7.77. The number of hydrogen-bond donors (Lipinski definition) is 0. The van der Waals surface area contributed by atoms with Crippen molar-refractivity contribution in [3.63, 3.8) is 0 Å². The van der Waals surface area contributed by atoms with Crippen LogP contribution in [0, 0.1) is 0 Å². The lowest BCUT2D eigenvalue weighted by atomic mass is 10.3. The molecule has 0 aromatic carbocycles. The third-order valence-corrected chi connectivity index (χ3v) is 7.36. The highest BCUT2D eigenvalue weighted by Crippen LogP contribution is 2.36. The standard InChI is InChI=1S/C10H11Br2NO5S2/c1-17-10(14)6-5-13(2-3-18-6)20(15,16)7-4-8(11)19-9(7)12/h4,6H,2-3,5H2,1H3. The number of carbonyl (C=O) groups excluding carboxylic acids is 1. The minimum absolute atomic E-state index is 0.0467. The molecule has 0 aliphatic carbocycles. The average molecular weight is 449 g/mol. The smallest absolute Gasteiger partial charge is 0.336 e. The first kappa shape index (κ1) is 16.4. The summed E-state index contributed by atoms with van der Waals surface area (Å²) in [7, 11) is -2.43. The summed E-state index contributed by atoms with van der Waals surface area (Å²) in [6.07, 6.45) is -0.885. The molecule has 1 saturated heterocycles.